The molecule has 0 aliphatic carbocycles. The van der Waals surface area contributed by atoms with Gasteiger partial charge in [0.2, 0.25) is 0 Å². The van der Waals surface area contributed by atoms with Crippen LogP contribution in [0.3, 0.4) is 0 Å². The van der Waals surface area contributed by atoms with E-state index in [9.17, 15) is 8.78 Å². The number of rotatable bonds is 2. The number of hydrogen-bond donors (Lipinski definition) is 0. The molecular weight excluding hydrogens is 294 g/mol. The van der Waals surface area contributed by atoms with Crippen LogP contribution in [-0.4, -0.2) is 9.55 Å². The van der Waals surface area contributed by atoms with Crippen LogP contribution in [0.5, 0.6) is 0 Å². The molecule has 1 aromatic heterocycles. The molecule has 2 nitrogen and oxygen atoms in total. The van der Waals surface area contributed by atoms with Crippen molar-refractivity contribution in [1.82, 2.24) is 9.55 Å². The number of nitrogens with zero attached hydrogens (tertiary/aromatic N) is 2. The predicted octanol–water partition coefficient (Wildman–Crippen LogP) is 4.66. The van der Waals surface area contributed by atoms with E-state index in [0.717, 1.165) is 22.9 Å². The summed E-state index contributed by atoms with van der Waals surface area (Å²) in [5.41, 5.74) is 3.45. The van der Waals surface area contributed by atoms with Crippen LogP contribution in [0, 0.1) is 25.5 Å². The first kappa shape index (κ1) is 14.0. The van der Waals surface area contributed by atoms with Crippen LogP contribution >= 0.6 is 11.6 Å². The Balaban J connectivity index is 2.40. The Kier molecular flexibility index (Phi) is 3.41. The summed E-state index contributed by atoms with van der Waals surface area (Å²) >= 11 is 5.93. The van der Waals surface area contributed by atoms with Crippen LogP contribution in [0.2, 0.25) is 0 Å². The average molecular weight is 307 g/mol. The molecule has 0 radical (unpaired) electrons. The van der Waals surface area contributed by atoms with E-state index in [4.69, 9.17) is 11.6 Å². The number of aryl methyl sites for hydroxylation is 2. The standard InChI is InChI=1S/C16H13ClF2N2/c1-9-3-4-13(10(2)5-9)21-14-7-11(18)6-12(19)16(14)20-15(21)8-17/h3-7H,8H2,1-2H3. The fourth-order valence-electron chi connectivity index (χ4n) is 2.57. The van der Waals surface area contributed by atoms with Gasteiger partial charge in [-0.2, -0.15) is 0 Å². The van der Waals surface area contributed by atoms with Crippen LogP contribution in [0.15, 0.2) is 30.3 Å². The summed E-state index contributed by atoms with van der Waals surface area (Å²) in [6.07, 6.45) is 0. The molecule has 2 aromatic carbocycles. The summed E-state index contributed by atoms with van der Waals surface area (Å²) in [6, 6.07) is 7.97. The van der Waals surface area contributed by atoms with E-state index in [1.165, 1.54) is 6.07 Å². The third-order valence-corrected chi connectivity index (χ3v) is 3.70. The second kappa shape index (κ2) is 5.11. The molecule has 21 heavy (non-hydrogen) atoms. The number of hydrogen-bond acceptors (Lipinski definition) is 1. The monoisotopic (exact) mass is 306 g/mol. The van der Waals surface area contributed by atoms with Crippen molar-refractivity contribution in [3.8, 4) is 5.69 Å². The van der Waals surface area contributed by atoms with E-state index >= 15 is 0 Å². The second-order valence-corrected chi connectivity index (χ2v) is 5.31. The highest BCUT2D eigenvalue weighted by Gasteiger charge is 2.17. The van der Waals surface area contributed by atoms with Crippen molar-refractivity contribution < 1.29 is 8.78 Å². The summed E-state index contributed by atoms with van der Waals surface area (Å²) in [5, 5.41) is 0. The van der Waals surface area contributed by atoms with Gasteiger partial charge in [-0.3, -0.25) is 4.57 Å². The molecule has 0 bridgehead atoms. The molecule has 0 aliphatic rings. The normalized spacial score (nSPS) is 11.3. The first-order valence-corrected chi connectivity index (χ1v) is 7.04. The van der Waals surface area contributed by atoms with Gasteiger partial charge in [-0.1, -0.05) is 17.7 Å². The molecule has 0 spiro atoms. The summed E-state index contributed by atoms with van der Waals surface area (Å²) in [6.45, 7) is 3.94. The molecule has 5 heteroatoms. The minimum absolute atomic E-state index is 0.114. The van der Waals surface area contributed by atoms with Crippen LogP contribution in [-0.2, 0) is 5.88 Å². The van der Waals surface area contributed by atoms with Crippen molar-refractivity contribution in [2.75, 3.05) is 0 Å². The van der Waals surface area contributed by atoms with Crippen molar-refractivity contribution in [1.29, 1.82) is 0 Å². The zero-order chi connectivity index (χ0) is 15.1. The number of halogens is 3. The van der Waals surface area contributed by atoms with Crippen LogP contribution in [0.1, 0.15) is 17.0 Å². The van der Waals surface area contributed by atoms with Gasteiger partial charge in [0.25, 0.3) is 0 Å². The van der Waals surface area contributed by atoms with Gasteiger partial charge >= 0.3 is 0 Å². The van der Waals surface area contributed by atoms with Gasteiger partial charge in [0.05, 0.1) is 17.1 Å². The first-order chi connectivity index (χ1) is 10.0. The lowest BCUT2D eigenvalue weighted by molar-refractivity contribution is 0.590. The Bertz CT molecular complexity index is 840. The maximum absolute atomic E-state index is 13.9. The smallest absolute Gasteiger partial charge is 0.153 e. The Labute approximate surface area is 126 Å². The fraction of sp³-hybridized carbons (Fsp3) is 0.188. The Morgan fingerprint density at radius 3 is 2.57 bits per heavy atom. The fourth-order valence-corrected chi connectivity index (χ4v) is 2.75. The minimum atomic E-state index is -0.681. The maximum atomic E-state index is 13.9. The first-order valence-electron chi connectivity index (χ1n) is 6.51. The third kappa shape index (κ3) is 2.29. The highest BCUT2D eigenvalue weighted by atomic mass is 35.5. The maximum Gasteiger partial charge on any atom is 0.153 e. The van der Waals surface area contributed by atoms with Crippen molar-refractivity contribution >= 4 is 22.6 Å². The van der Waals surface area contributed by atoms with Gasteiger partial charge in [-0.25, -0.2) is 13.8 Å². The minimum Gasteiger partial charge on any atom is -0.295 e. The number of aromatic nitrogens is 2. The van der Waals surface area contributed by atoms with E-state index in [-0.39, 0.29) is 11.4 Å². The molecular formula is C16H13ClF2N2. The lowest BCUT2D eigenvalue weighted by Crippen LogP contribution is -2.02. The van der Waals surface area contributed by atoms with Crippen molar-refractivity contribution in [3.05, 3.63) is 58.9 Å². The topological polar surface area (TPSA) is 17.8 Å². The molecule has 0 fully saturated rings. The van der Waals surface area contributed by atoms with Gasteiger partial charge in [0.1, 0.15) is 17.2 Å². The largest absolute Gasteiger partial charge is 0.295 e. The van der Waals surface area contributed by atoms with Crippen LogP contribution in [0.25, 0.3) is 16.7 Å². The zero-order valence-electron chi connectivity index (χ0n) is 11.6. The lowest BCUT2D eigenvalue weighted by atomic mass is 10.1. The van der Waals surface area contributed by atoms with Crippen molar-refractivity contribution in [2.24, 2.45) is 0 Å². The summed E-state index contributed by atoms with van der Waals surface area (Å²) < 4.78 is 29.2. The molecule has 0 atom stereocenters. The number of fused-ring (bicyclic) bond motifs is 1. The van der Waals surface area contributed by atoms with E-state index in [1.54, 1.807) is 4.57 Å². The summed E-state index contributed by atoms with van der Waals surface area (Å²) in [5.74, 6) is -0.710. The van der Waals surface area contributed by atoms with E-state index in [2.05, 4.69) is 4.98 Å². The molecule has 0 aliphatic heterocycles. The Morgan fingerprint density at radius 1 is 1.14 bits per heavy atom. The number of alkyl halides is 1. The highest BCUT2D eigenvalue weighted by molar-refractivity contribution is 6.17. The van der Waals surface area contributed by atoms with E-state index in [1.807, 2.05) is 32.0 Å². The second-order valence-electron chi connectivity index (χ2n) is 5.04. The third-order valence-electron chi connectivity index (χ3n) is 3.46. The van der Waals surface area contributed by atoms with Gasteiger partial charge in [0, 0.05) is 12.1 Å². The molecule has 108 valence electrons. The average Bonchev–Trinajstić information content (AvgIpc) is 2.77. The van der Waals surface area contributed by atoms with Crippen LogP contribution in [0.4, 0.5) is 8.78 Å². The molecule has 0 amide bonds. The number of benzene rings is 2. The quantitative estimate of drug-likeness (QED) is 0.630. The van der Waals surface area contributed by atoms with Gasteiger partial charge in [-0.05, 0) is 25.5 Å². The Morgan fingerprint density at radius 2 is 1.90 bits per heavy atom. The number of imidazole rings is 1. The highest BCUT2D eigenvalue weighted by Crippen LogP contribution is 2.27. The SMILES string of the molecule is Cc1ccc(-n2c(CCl)nc3c(F)cc(F)cc32)c(C)c1. The lowest BCUT2D eigenvalue weighted by Gasteiger charge is -2.12. The predicted molar refractivity (Wildman–Crippen MR) is 80.0 cm³/mol. The molecule has 0 saturated carbocycles. The van der Waals surface area contributed by atoms with E-state index < -0.39 is 11.6 Å². The summed E-state index contributed by atoms with van der Waals surface area (Å²) in [4.78, 5) is 4.20. The van der Waals surface area contributed by atoms with Crippen molar-refractivity contribution in [3.63, 3.8) is 0 Å². The van der Waals surface area contributed by atoms with Gasteiger partial charge in [0.15, 0.2) is 5.82 Å². The van der Waals surface area contributed by atoms with Gasteiger partial charge < -0.3 is 0 Å². The molecule has 1 heterocycles. The summed E-state index contributed by atoms with van der Waals surface area (Å²) in [7, 11) is 0. The molecule has 0 saturated heterocycles. The van der Waals surface area contributed by atoms with Crippen molar-refractivity contribution in [2.45, 2.75) is 19.7 Å². The van der Waals surface area contributed by atoms with E-state index in [0.29, 0.717) is 11.3 Å². The Hall–Kier alpha value is -1.94. The molecule has 0 unspecified atom stereocenters. The molecule has 3 rings (SSSR count). The van der Waals surface area contributed by atoms with Crippen LogP contribution < -0.4 is 0 Å². The van der Waals surface area contributed by atoms with Gasteiger partial charge in [-0.15, -0.1) is 11.6 Å². The molecule has 0 N–H and O–H groups in total. The zero-order valence-corrected chi connectivity index (χ0v) is 12.4. The molecule has 3 aromatic rings.